The molecule has 1 heterocycles. The highest BCUT2D eigenvalue weighted by atomic mass is 16.7. The monoisotopic (exact) mass is 656 g/mol. The third-order valence-corrected chi connectivity index (χ3v) is 7.43. The summed E-state index contributed by atoms with van der Waals surface area (Å²) in [6, 6.07) is 12.5. The maximum absolute atomic E-state index is 12.8. The number of ether oxygens (including phenoxy) is 6. The molecule has 15 heteroatoms. The van der Waals surface area contributed by atoms with Gasteiger partial charge in [0.2, 0.25) is 5.91 Å². The van der Waals surface area contributed by atoms with Crippen molar-refractivity contribution < 1.29 is 62.3 Å². The van der Waals surface area contributed by atoms with Crippen LogP contribution >= 0.6 is 0 Å². The predicted octanol–water partition coefficient (Wildman–Crippen LogP) is 1.65. The zero-order valence-electron chi connectivity index (χ0n) is 26.1. The van der Waals surface area contributed by atoms with Crippen LogP contribution in [0.4, 0.5) is 4.79 Å². The summed E-state index contributed by atoms with van der Waals surface area (Å²) in [4.78, 5) is 72.6. The number of aliphatic carboxylic acids is 1. The van der Waals surface area contributed by atoms with Gasteiger partial charge in [0.1, 0.15) is 25.4 Å². The number of hydrogen-bond donors (Lipinski definition) is 3. The lowest BCUT2D eigenvalue weighted by Crippen LogP contribution is -2.67. The molecule has 0 aromatic heterocycles. The van der Waals surface area contributed by atoms with Crippen molar-refractivity contribution in [1.82, 2.24) is 10.6 Å². The van der Waals surface area contributed by atoms with Gasteiger partial charge in [-0.1, -0.05) is 48.5 Å². The van der Waals surface area contributed by atoms with Gasteiger partial charge in [0, 0.05) is 33.6 Å². The number of nitrogens with one attached hydrogen (secondary N) is 2. The lowest BCUT2D eigenvalue weighted by atomic mass is 9.96. The quantitative estimate of drug-likeness (QED) is 0.220. The highest BCUT2D eigenvalue weighted by Gasteiger charge is 2.51. The van der Waals surface area contributed by atoms with E-state index < -0.39 is 85.8 Å². The van der Waals surface area contributed by atoms with Crippen molar-refractivity contribution in [3.8, 4) is 11.1 Å². The summed E-state index contributed by atoms with van der Waals surface area (Å²) >= 11 is 0. The number of hydrogen-bond acceptors (Lipinski definition) is 12. The molecule has 2 aliphatic rings. The summed E-state index contributed by atoms with van der Waals surface area (Å²) in [7, 11) is 0. The summed E-state index contributed by atoms with van der Waals surface area (Å²) in [6.07, 6.45) is -6.58. The molecular formula is C32H36N2O13. The second kappa shape index (κ2) is 15.5. The number of carboxylic acids is 1. The van der Waals surface area contributed by atoms with Crippen molar-refractivity contribution in [3.05, 3.63) is 59.7 Å². The fourth-order valence-electron chi connectivity index (χ4n) is 5.58. The van der Waals surface area contributed by atoms with Crippen LogP contribution in [0.5, 0.6) is 0 Å². The van der Waals surface area contributed by atoms with E-state index in [0.717, 1.165) is 49.9 Å². The molecule has 1 aliphatic heterocycles. The zero-order chi connectivity index (χ0) is 34.2. The highest BCUT2D eigenvalue weighted by Crippen LogP contribution is 2.44. The van der Waals surface area contributed by atoms with E-state index in [1.807, 2.05) is 48.5 Å². The topological polar surface area (TPSA) is 202 Å². The fourth-order valence-corrected chi connectivity index (χ4v) is 5.58. The van der Waals surface area contributed by atoms with Crippen molar-refractivity contribution in [2.24, 2.45) is 0 Å². The summed E-state index contributed by atoms with van der Waals surface area (Å²) in [5, 5.41) is 14.6. The van der Waals surface area contributed by atoms with Gasteiger partial charge < -0.3 is 44.2 Å². The molecule has 0 bridgehead atoms. The average molecular weight is 657 g/mol. The minimum atomic E-state index is -1.66. The van der Waals surface area contributed by atoms with Crippen LogP contribution in [0.15, 0.2) is 48.5 Å². The predicted molar refractivity (Wildman–Crippen MR) is 160 cm³/mol. The Morgan fingerprint density at radius 3 is 1.89 bits per heavy atom. The molecule has 1 saturated heterocycles. The highest BCUT2D eigenvalue weighted by molar-refractivity contribution is 5.81. The number of carboxylic acid groups (broad SMARTS) is 1. The Morgan fingerprint density at radius 1 is 0.787 bits per heavy atom. The summed E-state index contributed by atoms with van der Waals surface area (Å²) < 4.78 is 32.8. The van der Waals surface area contributed by atoms with Crippen LogP contribution in [-0.4, -0.2) is 97.5 Å². The lowest BCUT2D eigenvalue weighted by Gasteiger charge is -2.45. The molecule has 4 rings (SSSR count). The van der Waals surface area contributed by atoms with Gasteiger partial charge in [0.05, 0.1) is 6.61 Å². The normalized spacial score (nSPS) is 22.1. The minimum Gasteiger partial charge on any atom is -0.480 e. The number of benzene rings is 2. The van der Waals surface area contributed by atoms with Crippen molar-refractivity contribution in [1.29, 1.82) is 0 Å². The van der Waals surface area contributed by atoms with Gasteiger partial charge in [-0.05, 0) is 22.3 Å². The van der Waals surface area contributed by atoms with Gasteiger partial charge in [-0.2, -0.15) is 0 Å². The molecule has 0 spiro atoms. The average Bonchev–Trinajstić information content (AvgIpc) is 3.32. The largest absolute Gasteiger partial charge is 0.480 e. The van der Waals surface area contributed by atoms with E-state index in [2.05, 4.69) is 10.6 Å². The molecular weight excluding hydrogens is 620 g/mol. The second-order valence-electron chi connectivity index (χ2n) is 10.9. The molecule has 2 aromatic carbocycles. The van der Waals surface area contributed by atoms with Crippen LogP contribution in [0.3, 0.4) is 0 Å². The van der Waals surface area contributed by atoms with Crippen LogP contribution < -0.4 is 10.6 Å². The summed E-state index contributed by atoms with van der Waals surface area (Å²) in [6.45, 7) is 3.23. The molecule has 252 valence electrons. The third kappa shape index (κ3) is 8.83. The molecule has 3 N–H and O–H groups in total. The van der Waals surface area contributed by atoms with Crippen LogP contribution in [0.25, 0.3) is 11.1 Å². The molecule has 2 amide bonds. The van der Waals surface area contributed by atoms with Gasteiger partial charge in [-0.3, -0.25) is 19.2 Å². The van der Waals surface area contributed by atoms with Gasteiger partial charge >= 0.3 is 30.0 Å². The Labute approximate surface area is 269 Å². The van der Waals surface area contributed by atoms with Crippen molar-refractivity contribution in [2.45, 2.75) is 70.3 Å². The smallest absolute Gasteiger partial charge is 0.407 e. The first kappa shape index (κ1) is 34.8. The van der Waals surface area contributed by atoms with Crippen molar-refractivity contribution in [3.63, 3.8) is 0 Å². The van der Waals surface area contributed by atoms with Crippen LogP contribution in [0, 0.1) is 0 Å². The third-order valence-electron chi connectivity index (χ3n) is 7.43. The first-order valence-electron chi connectivity index (χ1n) is 14.7. The van der Waals surface area contributed by atoms with E-state index in [-0.39, 0.29) is 12.5 Å². The Bertz CT molecular complexity index is 1470. The van der Waals surface area contributed by atoms with E-state index in [4.69, 9.17) is 28.4 Å². The Balaban J connectivity index is 1.48. The molecule has 47 heavy (non-hydrogen) atoms. The van der Waals surface area contributed by atoms with E-state index in [9.17, 15) is 33.9 Å². The Hall–Kier alpha value is -5.02. The van der Waals surface area contributed by atoms with Gasteiger partial charge in [-0.25, -0.2) is 9.59 Å². The molecule has 6 atom stereocenters. The van der Waals surface area contributed by atoms with Crippen LogP contribution in [0.2, 0.25) is 0 Å². The number of alkyl carbamates (subject to hydrolysis) is 1. The summed E-state index contributed by atoms with van der Waals surface area (Å²) in [5.74, 6) is -4.65. The molecule has 0 saturated carbocycles. The Kier molecular flexibility index (Phi) is 11.5. The van der Waals surface area contributed by atoms with Crippen LogP contribution in [-0.2, 0) is 52.4 Å². The number of fused-ring (bicyclic) bond motifs is 3. The number of esters is 3. The number of rotatable bonds is 12. The summed E-state index contributed by atoms with van der Waals surface area (Å²) in [5.41, 5.74) is 3.97. The molecule has 1 fully saturated rings. The first-order valence-corrected chi connectivity index (χ1v) is 14.7. The maximum atomic E-state index is 12.8. The minimum absolute atomic E-state index is 0.0666. The van der Waals surface area contributed by atoms with E-state index in [0.29, 0.717) is 0 Å². The molecule has 3 unspecified atom stereocenters. The Morgan fingerprint density at radius 2 is 1.36 bits per heavy atom. The van der Waals surface area contributed by atoms with Gasteiger partial charge in [0.15, 0.2) is 24.5 Å². The maximum Gasteiger partial charge on any atom is 0.407 e. The molecule has 2 aromatic rings. The van der Waals surface area contributed by atoms with Crippen molar-refractivity contribution in [2.75, 3.05) is 19.8 Å². The molecule has 0 radical (unpaired) electrons. The van der Waals surface area contributed by atoms with Crippen molar-refractivity contribution >= 4 is 35.9 Å². The molecule has 1 aliphatic carbocycles. The second-order valence-corrected chi connectivity index (χ2v) is 10.9. The fraction of sp³-hybridized carbons (Fsp3) is 0.438. The van der Waals surface area contributed by atoms with Gasteiger partial charge in [0.25, 0.3) is 0 Å². The van der Waals surface area contributed by atoms with E-state index in [1.165, 1.54) is 0 Å². The SMILES string of the molecule is CC(=O)NC1C(OC(C)=O)[C@H](OC(C)=O)C(COC(C)=O)O[C@H]1OC[C@H](NC(=O)OCC1c2ccccc2-c2ccccc21)C(=O)O. The first-order chi connectivity index (χ1) is 22.3. The molecule has 15 nitrogen and oxygen atoms in total. The zero-order valence-corrected chi connectivity index (χ0v) is 26.1. The standard InChI is InChI=1S/C32H36N2O13/c1-16(35)33-27-29(46-19(4)38)28(45-18(3)37)26(15-42-17(2)36)47-31(27)43-14-25(30(39)40)34-32(41)44-13-24-22-11-7-5-9-20(22)21-10-6-8-12-23(21)24/h5-12,24-29,31H,13-15H2,1-4H3,(H,33,35)(H,34,41)(H,39,40)/t25-,26?,27?,28+,29?,31+/m0/s1. The van der Waals surface area contributed by atoms with E-state index >= 15 is 0 Å². The van der Waals surface area contributed by atoms with Gasteiger partial charge in [-0.15, -0.1) is 0 Å². The van der Waals surface area contributed by atoms with Crippen LogP contribution in [0.1, 0.15) is 44.7 Å². The lowest BCUT2D eigenvalue weighted by molar-refractivity contribution is -0.278. The number of amides is 2. The number of carbonyl (C=O) groups excluding carboxylic acids is 5. The number of carbonyl (C=O) groups is 6. The van der Waals surface area contributed by atoms with E-state index in [1.54, 1.807) is 0 Å².